The third-order valence-corrected chi connectivity index (χ3v) is 4.60. The van der Waals surface area contributed by atoms with Gasteiger partial charge in [0.2, 0.25) is 0 Å². The van der Waals surface area contributed by atoms with Crippen LogP contribution in [0, 0.1) is 12.8 Å². The molecule has 0 aromatic heterocycles. The van der Waals surface area contributed by atoms with Crippen LogP contribution in [0.2, 0.25) is 0 Å². The average molecular weight is 250 g/mol. The number of aryl methyl sites for hydroxylation is 1. The van der Waals surface area contributed by atoms with Crippen molar-refractivity contribution in [1.29, 1.82) is 0 Å². The van der Waals surface area contributed by atoms with Crippen LogP contribution in [0.15, 0.2) is 48.6 Å². The first-order chi connectivity index (χ1) is 9.10. The molecule has 0 heterocycles. The largest absolute Gasteiger partial charge is 0.0874 e. The zero-order valence-electron chi connectivity index (χ0n) is 12.1. The maximum Gasteiger partial charge on any atom is -0.00292 e. The molecule has 0 spiro atoms. The minimum Gasteiger partial charge on any atom is -0.0874 e. The standard InChI is InChI=1S/C19H22/c1-14-7-6-12-19(3,13-14)18-11-10-15(2)16-8-4-5-9-17(16)18/h4-11,14H,12-13H2,1-3H3. The molecule has 3 rings (SSSR count). The van der Waals surface area contributed by atoms with Crippen molar-refractivity contribution < 1.29 is 0 Å². The minimum atomic E-state index is 0.279. The molecular formula is C19H22. The Hall–Kier alpha value is -1.56. The maximum absolute atomic E-state index is 2.42. The van der Waals surface area contributed by atoms with Crippen LogP contribution < -0.4 is 0 Å². The Morgan fingerprint density at radius 2 is 1.79 bits per heavy atom. The molecule has 0 aliphatic heterocycles. The zero-order valence-corrected chi connectivity index (χ0v) is 12.1. The van der Waals surface area contributed by atoms with E-state index in [-0.39, 0.29) is 5.41 Å². The maximum atomic E-state index is 2.42. The summed E-state index contributed by atoms with van der Waals surface area (Å²) in [5.41, 5.74) is 3.17. The Bertz CT molecular complexity index is 636. The Labute approximate surface area is 116 Å². The van der Waals surface area contributed by atoms with E-state index < -0.39 is 0 Å². The molecule has 0 nitrogen and oxygen atoms in total. The van der Waals surface area contributed by atoms with E-state index in [0.29, 0.717) is 5.92 Å². The molecule has 0 amide bonds. The van der Waals surface area contributed by atoms with Gasteiger partial charge in [0.1, 0.15) is 0 Å². The smallest absolute Gasteiger partial charge is 0.00292 e. The molecule has 98 valence electrons. The number of benzene rings is 2. The van der Waals surface area contributed by atoms with Gasteiger partial charge >= 0.3 is 0 Å². The van der Waals surface area contributed by atoms with Crippen molar-refractivity contribution in [3.63, 3.8) is 0 Å². The van der Waals surface area contributed by atoms with Gasteiger partial charge in [0, 0.05) is 0 Å². The quantitative estimate of drug-likeness (QED) is 0.595. The Kier molecular flexibility index (Phi) is 2.97. The minimum absolute atomic E-state index is 0.279. The highest BCUT2D eigenvalue weighted by Crippen LogP contribution is 2.41. The fourth-order valence-corrected chi connectivity index (χ4v) is 3.62. The van der Waals surface area contributed by atoms with Gasteiger partial charge in [0.15, 0.2) is 0 Å². The lowest BCUT2D eigenvalue weighted by atomic mass is 9.69. The van der Waals surface area contributed by atoms with Gasteiger partial charge < -0.3 is 0 Å². The van der Waals surface area contributed by atoms with Gasteiger partial charge in [-0.3, -0.25) is 0 Å². The predicted molar refractivity (Wildman–Crippen MR) is 83.6 cm³/mol. The number of fused-ring (bicyclic) bond motifs is 1. The molecule has 1 aliphatic carbocycles. The fraction of sp³-hybridized carbons (Fsp3) is 0.368. The van der Waals surface area contributed by atoms with Crippen LogP contribution >= 0.6 is 0 Å². The first-order valence-corrected chi connectivity index (χ1v) is 7.26. The van der Waals surface area contributed by atoms with Gasteiger partial charge in [-0.1, -0.05) is 62.4 Å². The second-order valence-corrected chi connectivity index (χ2v) is 6.35. The van der Waals surface area contributed by atoms with Crippen molar-refractivity contribution in [2.45, 2.75) is 39.0 Å². The Balaban J connectivity index is 2.21. The summed E-state index contributed by atoms with van der Waals surface area (Å²) in [5.74, 6) is 0.679. The first kappa shape index (κ1) is 12.5. The van der Waals surface area contributed by atoms with Crippen molar-refractivity contribution in [2.75, 3.05) is 0 Å². The third kappa shape index (κ3) is 2.10. The van der Waals surface area contributed by atoms with Crippen molar-refractivity contribution in [2.24, 2.45) is 5.92 Å². The van der Waals surface area contributed by atoms with Crippen molar-refractivity contribution in [3.05, 3.63) is 59.7 Å². The van der Waals surface area contributed by atoms with E-state index in [9.17, 15) is 0 Å². The summed E-state index contributed by atoms with van der Waals surface area (Å²) < 4.78 is 0. The second kappa shape index (κ2) is 4.52. The lowest BCUT2D eigenvalue weighted by Crippen LogP contribution is -2.26. The molecule has 2 unspecified atom stereocenters. The summed E-state index contributed by atoms with van der Waals surface area (Å²) in [6.07, 6.45) is 7.13. The molecule has 2 atom stereocenters. The van der Waals surface area contributed by atoms with Crippen LogP contribution in [-0.2, 0) is 5.41 Å². The molecule has 0 N–H and O–H groups in total. The van der Waals surface area contributed by atoms with Crippen LogP contribution in [0.4, 0.5) is 0 Å². The molecular weight excluding hydrogens is 228 g/mol. The van der Waals surface area contributed by atoms with E-state index >= 15 is 0 Å². The van der Waals surface area contributed by atoms with Crippen molar-refractivity contribution in [1.82, 2.24) is 0 Å². The van der Waals surface area contributed by atoms with E-state index in [0.717, 1.165) is 6.42 Å². The lowest BCUT2D eigenvalue weighted by Gasteiger charge is -2.35. The summed E-state index contributed by atoms with van der Waals surface area (Å²) in [6.45, 7) is 6.95. The highest BCUT2D eigenvalue weighted by molar-refractivity contribution is 5.89. The lowest BCUT2D eigenvalue weighted by molar-refractivity contribution is 0.375. The van der Waals surface area contributed by atoms with Gasteiger partial charge in [0.25, 0.3) is 0 Å². The van der Waals surface area contributed by atoms with Crippen LogP contribution in [0.25, 0.3) is 10.8 Å². The van der Waals surface area contributed by atoms with Gasteiger partial charge in [-0.25, -0.2) is 0 Å². The predicted octanol–water partition coefficient (Wildman–Crippen LogP) is 5.39. The Morgan fingerprint density at radius 1 is 1.05 bits per heavy atom. The highest BCUT2D eigenvalue weighted by atomic mass is 14.3. The van der Waals surface area contributed by atoms with Crippen LogP contribution in [-0.4, -0.2) is 0 Å². The second-order valence-electron chi connectivity index (χ2n) is 6.35. The van der Waals surface area contributed by atoms with Crippen molar-refractivity contribution in [3.8, 4) is 0 Å². The first-order valence-electron chi connectivity index (χ1n) is 7.26. The number of hydrogen-bond acceptors (Lipinski definition) is 0. The van der Waals surface area contributed by atoms with Gasteiger partial charge in [0.05, 0.1) is 0 Å². The molecule has 19 heavy (non-hydrogen) atoms. The molecule has 2 aromatic rings. The van der Waals surface area contributed by atoms with E-state index in [1.165, 1.54) is 28.3 Å². The molecule has 1 aliphatic rings. The molecule has 0 saturated carbocycles. The average Bonchev–Trinajstić information content (AvgIpc) is 2.39. The summed E-state index contributed by atoms with van der Waals surface area (Å²) in [6, 6.07) is 13.5. The SMILES string of the molecule is Cc1ccc(C2(C)CC=CC(C)C2)c2ccccc12. The van der Waals surface area contributed by atoms with Crippen LogP contribution in [0.1, 0.15) is 37.8 Å². The normalized spacial score (nSPS) is 26.8. The molecule has 0 bridgehead atoms. The summed E-state index contributed by atoms with van der Waals surface area (Å²) >= 11 is 0. The Morgan fingerprint density at radius 3 is 2.53 bits per heavy atom. The van der Waals surface area contributed by atoms with E-state index in [4.69, 9.17) is 0 Å². The van der Waals surface area contributed by atoms with E-state index in [2.05, 4.69) is 69.3 Å². The molecule has 0 fully saturated rings. The van der Waals surface area contributed by atoms with Gasteiger partial charge in [-0.05, 0) is 53.0 Å². The van der Waals surface area contributed by atoms with Crippen molar-refractivity contribution >= 4 is 10.8 Å². The molecule has 2 aromatic carbocycles. The highest BCUT2D eigenvalue weighted by Gasteiger charge is 2.30. The molecule has 0 heteroatoms. The van der Waals surface area contributed by atoms with Gasteiger partial charge in [-0.15, -0.1) is 0 Å². The third-order valence-electron chi connectivity index (χ3n) is 4.60. The summed E-state index contributed by atoms with van der Waals surface area (Å²) in [5, 5.41) is 2.84. The monoisotopic (exact) mass is 250 g/mol. The number of rotatable bonds is 1. The summed E-state index contributed by atoms with van der Waals surface area (Å²) in [7, 11) is 0. The number of hydrogen-bond donors (Lipinski definition) is 0. The number of allylic oxidation sites excluding steroid dienone is 2. The fourth-order valence-electron chi connectivity index (χ4n) is 3.62. The van der Waals surface area contributed by atoms with Gasteiger partial charge in [-0.2, -0.15) is 0 Å². The molecule has 0 saturated heterocycles. The topological polar surface area (TPSA) is 0 Å². The zero-order chi connectivity index (χ0) is 13.5. The van der Waals surface area contributed by atoms with Crippen LogP contribution in [0.5, 0.6) is 0 Å². The van der Waals surface area contributed by atoms with Crippen LogP contribution in [0.3, 0.4) is 0 Å². The summed E-state index contributed by atoms with van der Waals surface area (Å²) in [4.78, 5) is 0. The van der Waals surface area contributed by atoms with E-state index in [1.807, 2.05) is 0 Å². The van der Waals surface area contributed by atoms with E-state index in [1.54, 1.807) is 0 Å². The molecule has 0 radical (unpaired) electrons.